The van der Waals surface area contributed by atoms with E-state index in [9.17, 15) is 9.90 Å². The molecule has 1 amide bonds. The van der Waals surface area contributed by atoms with Crippen molar-refractivity contribution in [1.29, 1.82) is 0 Å². The Morgan fingerprint density at radius 1 is 1.38 bits per heavy atom. The standard InChI is InChI=1S/C8H17NO4/c1-3-12-7(13-4-2)5-6-9-8(10)11/h7,9H,3-6H2,1-2H3,(H,10,11)/p-1. The molecule has 5 nitrogen and oxygen atoms in total. The molecular formula is C8H16NO4-. The lowest BCUT2D eigenvalue weighted by atomic mass is 10.4. The summed E-state index contributed by atoms with van der Waals surface area (Å²) >= 11 is 0. The van der Waals surface area contributed by atoms with E-state index in [0.29, 0.717) is 19.6 Å². The summed E-state index contributed by atoms with van der Waals surface area (Å²) in [5, 5.41) is 12.1. The topological polar surface area (TPSA) is 70.6 Å². The molecule has 0 aliphatic carbocycles. The van der Waals surface area contributed by atoms with Crippen molar-refractivity contribution in [2.45, 2.75) is 26.6 Å². The van der Waals surface area contributed by atoms with Crippen LogP contribution in [0.1, 0.15) is 20.3 Å². The minimum absolute atomic E-state index is 0.285. The zero-order chi connectivity index (χ0) is 10.1. The van der Waals surface area contributed by atoms with E-state index in [1.165, 1.54) is 0 Å². The molecular weight excluding hydrogens is 174 g/mol. The van der Waals surface area contributed by atoms with Crippen LogP contribution in [0.15, 0.2) is 0 Å². The van der Waals surface area contributed by atoms with Crippen LogP contribution in [0.3, 0.4) is 0 Å². The minimum Gasteiger partial charge on any atom is -0.530 e. The van der Waals surface area contributed by atoms with Crippen molar-refractivity contribution in [3.63, 3.8) is 0 Å². The van der Waals surface area contributed by atoms with Gasteiger partial charge in [0.2, 0.25) is 0 Å². The van der Waals surface area contributed by atoms with E-state index >= 15 is 0 Å². The highest BCUT2D eigenvalue weighted by Gasteiger charge is 2.06. The van der Waals surface area contributed by atoms with Gasteiger partial charge in [0.15, 0.2) is 6.29 Å². The normalized spacial score (nSPS) is 10.4. The molecule has 13 heavy (non-hydrogen) atoms. The molecule has 0 atom stereocenters. The van der Waals surface area contributed by atoms with Crippen molar-refractivity contribution >= 4 is 6.09 Å². The van der Waals surface area contributed by atoms with Gasteiger partial charge in [-0.05, 0) is 13.8 Å². The van der Waals surface area contributed by atoms with Crippen molar-refractivity contribution in [2.75, 3.05) is 19.8 Å². The predicted molar refractivity (Wildman–Crippen MR) is 45.1 cm³/mol. The summed E-state index contributed by atoms with van der Waals surface area (Å²) in [5.74, 6) is 0. The molecule has 0 unspecified atom stereocenters. The zero-order valence-corrected chi connectivity index (χ0v) is 8.04. The molecule has 0 radical (unpaired) electrons. The third kappa shape index (κ3) is 7.55. The van der Waals surface area contributed by atoms with E-state index in [4.69, 9.17) is 9.47 Å². The molecule has 0 saturated heterocycles. The van der Waals surface area contributed by atoms with Gasteiger partial charge in [-0.3, -0.25) is 0 Å². The SMILES string of the molecule is CCOC(CCNC(=O)[O-])OCC. The van der Waals surface area contributed by atoms with Crippen LogP contribution >= 0.6 is 0 Å². The van der Waals surface area contributed by atoms with Gasteiger partial charge < -0.3 is 24.7 Å². The van der Waals surface area contributed by atoms with E-state index in [1.807, 2.05) is 13.8 Å². The lowest BCUT2D eigenvalue weighted by Crippen LogP contribution is -2.38. The summed E-state index contributed by atoms with van der Waals surface area (Å²) in [6, 6.07) is 0. The maximum absolute atomic E-state index is 9.99. The number of hydrogen-bond acceptors (Lipinski definition) is 4. The van der Waals surface area contributed by atoms with Crippen LogP contribution in [0.2, 0.25) is 0 Å². The second-order valence-electron chi connectivity index (χ2n) is 2.34. The van der Waals surface area contributed by atoms with Crippen LogP contribution in [0.25, 0.3) is 0 Å². The Bertz CT molecular complexity index is 134. The summed E-state index contributed by atoms with van der Waals surface area (Å²) in [7, 11) is 0. The molecule has 1 N–H and O–H groups in total. The van der Waals surface area contributed by atoms with Crippen molar-refractivity contribution in [1.82, 2.24) is 5.32 Å². The van der Waals surface area contributed by atoms with Crippen molar-refractivity contribution < 1.29 is 19.4 Å². The first kappa shape index (κ1) is 12.2. The first-order valence-electron chi connectivity index (χ1n) is 4.38. The predicted octanol–water partition coefficient (Wildman–Crippen LogP) is -0.292. The van der Waals surface area contributed by atoms with Gasteiger partial charge in [-0.1, -0.05) is 0 Å². The molecule has 0 rings (SSSR count). The lowest BCUT2D eigenvalue weighted by Gasteiger charge is -2.17. The molecule has 0 heterocycles. The number of rotatable bonds is 7. The average molecular weight is 190 g/mol. The molecule has 0 bridgehead atoms. The van der Waals surface area contributed by atoms with E-state index in [0.717, 1.165) is 0 Å². The van der Waals surface area contributed by atoms with Crippen LogP contribution in [0, 0.1) is 0 Å². The fourth-order valence-electron chi connectivity index (χ4n) is 0.879. The monoisotopic (exact) mass is 190 g/mol. The number of ether oxygens (including phenoxy) is 2. The quantitative estimate of drug-likeness (QED) is 0.560. The number of amides is 1. The van der Waals surface area contributed by atoms with E-state index in [2.05, 4.69) is 5.32 Å². The highest BCUT2D eigenvalue weighted by atomic mass is 16.7. The molecule has 0 saturated carbocycles. The summed E-state index contributed by atoms with van der Waals surface area (Å²) in [6.45, 7) is 5.11. The van der Waals surface area contributed by atoms with Crippen molar-refractivity contribution in [3.05, 3.63) is 0 Å². The van der Waals surface area contributed by atoms with Crippen LogP contribution < -0.4 is 10.4 Å². The van der Waals surface area contributed by atoms with E-state index in [-0.39, 0.29) is 12.8 Å². The molecule has 0 aromatic carbocycles. The van der Waals surface area contributed by atoms with E-state index < -0.39 is 6.09 Å². The first-order chi connectivity index (χ1) is 6.20. The Hall–Kier alpha value is -0.810. The Morgan fingerprint density at radius 2 is 1.92 bits per heavy atom. The Kier molecular flexibility index (Phi) is 7.33. The number of carbonyl (C=O) groups excluding carboxylic acids is 1. The van der Waals surface area contributed by atoms with Gasteiger partial charge in [0.1, 0.15) is 6.09 Å². The van der Waals surface area contributed by atoms with E-state index in [1.54, 1.807) is 0 Å². The smallest absolute Gasteiger partial charge is 0.159 e. The van der Waals surface area contributed by atoms with Crippen LogP contribution in [0.4, 0.5) is 4.79 Å². The summed E-state index contributed by atoms with van der Waals surface area (Å²) in [4.78, 5) is 9.99. The average Bonchev–Trinajstić information content (AvgIpc) is 2.04. The van der Waals surface area contributed by atoms with Crippen LogP contribution in [0.5, 0.6) is 0 Å². The molecule has 0 aromatic rings. The molecule has 5 heteroatoms. The lowest BCUT2D eigenvalue weighted by molar-refractivity contribution is -0.251. The number of carboxylic acid groups (broad SMARTS) is 1. The third-order valence-electron chi connectivity index (χ3n) is 1.35. The zero-order valence-electron chi connectivity index (χ0n) is 8.04. The summed E-state index contributed by atoms with van der Waals surface area (Å²) in [6.07, 6.45) is -1.11. The maximum atomic E-state index is 9.99. The molecule has 0 fully saturated rings. The van der Waals surface area contributed by atoms with Gasteiger partial charge in [0, 0.05) is 26.2 Å². The van der Waals surface area contributed by atoms with Crippen molar-refractivity contribution in [3.8, 4) is 0 Å². The van der Waals surface area contributed by atoms with Gasteiger partial charge in [0.25, 0.3) is 0 Å². The minimum atomic E-state index is -1.27. The Balaban J connectivity index is 3.49. The molecule has 0 aliphatic rings. The highest BCUT2D eigenvalue weighted by Crippen LogP contribution is 1.99. The molecule has 78 valence electrons. The fourth-order valence-corrected chi connectivity index (χ4v) is 0.879. The Labute approximate surface area is 78.0 Å². The second-order valence-corrected chi connectivity index (χ2v) is 2.34. The largest absolute Gasteiger partial charge is 0.530 e. The first-order valence-corrected chi connectivity index (χ1v) is 4.38. The number of hydrogen-bond donors (Lipinski definition) is 1. The fraction of sp³-hybridized carbons (Fsp3) is 0.875. The van der Waals surface area contributed by atoms with Crippen LogP contribution in [-0.4, -0.2) is 32.1 Å². The summed E-state index contributed by atoms with van der Waals surface area (Å²) < 4.78 is 10.4. The Morgan fingerprint density at radius 3 is 2.31 bits per heavy atom. The van der Waals surface area contributed by atoms with Gasteiger partial charge in [0.05, 0.1) is 0 Å². The van der Waals surface area contributed by atoms with Crippen molar-refractivity contribution in [2.24, 2.45) is 0 Å². The summed E-state index contributed by atoms with van der Waals surface area (Å²) in [5.41, 5.74) is 0. The number of carbonyl (C=O) groups is 1. The second kappa shape index (κ2) is 7.82. The van der Waals surface area contributed by atoms with Gasteiger partial charge in [-0.15, -0.1) is 0 Å². The third-order valence-corrected chi connectivity index (χ3v) is 1.35. The maximum Gasteiger partial charge on any atom is 0.159 e. The molecule has 0 aliphatic heterocycles. The number of nitrogens with one attached hydrogen (secondary N) is 1. The van der Waals surface area contributed by atoms with Crippen LogP contribution in [-0.2, 0) is 9.47 Å². The van der Waals surface area contributed by atoms with Gasteiger partial charge in [-0.2, -0.15) is 0 Å². The van der Waals surface area contributed by atoms with Gasteiger partial charge >= 0.3 is 0 Å². The molecule has 0 spiro atoms. The van der Waals surface area contributed by atoms with Gasteiger partial charge in [-0.25, -0.2) is 0 Å². The molecule has 0 aromatic heterocycles. The highest BCUT2D eigenvalue weighted by molar-refractivity contribution is 5.61.